The minimum atomic E-state index is -1.12. The van der Waals surface area contributed by atoms with Gasteiger partial charge in [0.05, 0.1) is 0 Å². The largest absolute Gasteiger partial charge is 0.475 e. The summed E-state index contributed by atoms with van der Waals surface area (Å²) in [5.74, 6) is -0.498. The van der Waals surface area contributed by atoms with E-state index in [4.69, 9.17) is 5.11 Å². The van der Waals surface area contributed by atoms with Crippen molar-refractivity contribution in [3.63, 3.8) is 0 Å². The second kappa shape index (κ2) is 3.69. The van der Waals surface area contributed by atoms with E-state index < -0.39 is 5.97 Å². The zero-order valence-electron chi connectivity index (χ0n) is 9.07. The molecular formula is C10H11N5O2. The minimum absolute atomic E-state index is 0.152. The van der Waals surface area contributed by atoms with E-state index in [-0.39, 0.29) is 5.82 Å². The molecule has 0 radical (unpaired) electrons. The predicted molar refractivity (Wildman–Crippen MR) is 59.2 cm³/mol. The van der Waals surface area contributed by atoms with Gasteiger partial charge in [-0.3, -0.25) is 0 Å². The average Bonchev–Trinajstić information content (AvgIpc) is 2.97. The molecule has 0 spiro atoms. The summed E-state index contributed by atoms with van der Waals surface area (Å²) in [7, 11) is 0. The fourth-order valence-corrected chi connectivity index (χ4v) is 2.03. The van der Waals surface area contributed by atoms with Gasteiger partial charge in [0.25, 0.3) is 5.82 Å². The number of aromatic carboxylic acids is 1. The van der Waals surface area contributed by atoms with Crippen LogP contribution in [0.2, 0.25) is 0 Å². The molecule has 2 aromatic rings. The molecule has 7 nitrogen and oxygen atoms in total. The average molecular weight is 233 g/mol. The molecule has 0 amide bonds. The maximum Gasteiger partial charge on any atom is 0.375 e. The minimum Gasteiger partial charge on any atom is -0.475 e. The van der Waals surface area contributed by atoms with Crippen molar-refractivity contribution in [3.05, 3.63) is 18.0 Å². The third kappa shape index (κ3) is 1.59. The summed E-state index contributed by atoms with van der Waals surface area (Å²) < 4.78 is 1.27. The fraction of sp³-hybridized carbons (Fsp3) is 0.400. The Hall–Kier alpha value is -2.18. The smallest absolute Gasteiger partial charge is 0.375 e. The Bertz CT molecular complexity index is 573. The maximum atomic E-state index is 10.9. The maximum absolute atomic E-state index is 10.9. The standard InChI is InChI=1S/C10H11N5O2/c16-10(17)9-12-11-7-3-4-8(13-15(7)9)14-5-1-2-6-14/h3-4H,1-2,5-6H2,(H,16,17). The molecule has 7 heteroatoms. The molecule has 1 fully saturated rings. The van der Waals surface area contributed by atoms with Gasteiger partial charge in [-0.25, -0.2) is 4.79 Å². The topological polar surface area (TPSA) is 83.6 Å². The molecule has 3 heterocycles. The summed E-state index contributed by atoms with van der Waals surface area (Å²) in [5, 5.41) is 20.6. The van der Waals surface area contributed by atoms with E-state index in [2.05, 4.69) is 20.2 Å². The molecule has 17 heavy (non-hydrogen) atoms. The van der Waals surface area contributed by atoms with Crippen LogP contribution in [-0.2, 0) is 0 Å². The van der Waals surface area contributed by atoms with Gasteiger partial charge < -0.3 is 10.0 Å². The lowest BCUT2D eigenvalue weighted by Gasteiger charge is -2.15. The molecule has 0 aromatic carbocycles. The highest BCUT2D eigenvalue weighted by Gasteiger charge is 2.17. The number of hydrogen-bond donors (Lipinski definition) is 1. The van der Waals surface area contributed by atoms with Crippen LogP contribution in [-0.4, -0.2) is 44.0 Å². The molecule has 88 valence electrons. The highest BCUT2D eigenvalue weighted by atomic mass is 16.4. The summed E-state index contributed by atoms with van der Waals surface area (Å²) in [5.41, 5.74) is 0.449. The van der Waals surface area contributed by atoms with Crippen LogP contribution in [0, 0.1) is 0 Å². The molecule has 3 rings (SSSR count). The summed E-state index contributed by atoms with van der Waals surface area (Å²) >= 11 is 0. The van der Waals surface area contributed by atoms with Gasteiger partial charge in [0.1, 0.15) is 5.82 Å². The van der Waals surface area contributed by atoms with Crippen molar-refractivity contribution in [2.24, 2.45) is 0 Å². The molecule has 1 N–H and O–H groups in total. The molecule has 0 aliphatic carbocycles. The first-order valence-electron chi connectivity index (χ1n) is 5.46. The first-order valence-corrected chi connectivity index (χ1v) is 5.46. The number of nitrogens with zero attached hydrogens (tertiary/aromatic N) is 5. The number of anilines is 1. The number of carboxylic acids is 1. The van der Waals surface area contributed by atoms with Crippen LogP contribution in [0.3, 0.4) is 0 Å². The summed E-state index contributed by atoms with van der Waals surface area (Å²) in [6.07, 6.45) is 2.29. The second-order valence-electron chi connectivity index (χ2n) is 3.98. The Morgan fingerprint density at radius 2 is 2.00 bits per heavy atom. The zero-order valence-corrected chi connectivity index (χ0v) is 9.07. The van der Waals surface area contributed by atoms with Gasteiger partial charge in [0.15, 0.2) is 5.65 Å². The van der Waals surface area contributed by atoms with E-state index in [0.717, 1.165) is 31.7 Å². The van der Waals surface area contributed by atoms with Gasteiger partial charge in [-0.1, -0.05) is 0 Å². The quantitative estimate of drug-likeness (QED) is 0.809. The van der Waals surface area contributed by atoms with Crippen molar-refractivity contribution in [1.29, 1.82) is 0 Å². The number of rotatable bonds is 2. The van der Waals surface area contributed by atoms with Gasteiger partial charge in [0.2, 0.25) is 0 Å². The number of aromatic nitrogens is 4. The van der Waals surface area contributed by atoms with Crippen molar-refractivity contribution in [3.8, 4) is 0 Å². The summed E-state index contributed by atoms with van der Waals surface area (Å²) in [6.45, 7) is 1.92. The van der Waals surface area contributed by atoms with Crippen molar-refractivity contribution >= 4 is 17.4 Å². The van der Waals surface area contributed by atoms with E-state index in [0.29, 0.717) is 5.65 Å². The van der Waals surface area contributed by atoms with Gasteiger partial charge in [-0.2, -0.15) is 4.52 Å². The fourth-order valence-electron chi connectivity index (χ4n) is 2.03. The number of carbonyl (C=O) groups is 1. The molecule has 0 saturated carbocycles. The molecule has 2 aromatic heterocycles. The van der Waals surface area contributed by atoms with Crippen LogP contribution in [0.1, 0.15) is 23.5 Å². The number of carboxylic acid groups (broad SMARTS) is 1. The van der Waals surface area contributed by atoms with E-state index in [1.165, 1.54) is 4.52 Å². The Labute approximate surface area is 96.7 Å². The van der Waals surface area contributed by atoms with Crippen LogP contribution in [0.5, 0.6) is 0 Å². The van der Waals surface area contributed by atoms with Crippen molar-refractivity contribution in [2.75, 3.05) is 18.0 Å². The molecule has 0 atom stereocenters. The third-order valence-corrected chi connectivity index (χ3v) is 2.87. The van der Waals surface area contributed by atoms with E-state index in [1.54, 1.807) is 6.07 Å². The zero-order chi connectivity index (χ0) is 11.8. The monoisotopic (exact) mass is 233 g/mol. The lowest BCUT2D eigenvalue weighted by Crippen LogP contribution is -2.20. The van der Waals surface area contributed by atoms with Gasteiger partial charge in [-0.05, 0) is 25.0 Å². The third-order valence-electron chi connectivity index (χ3n) is 2.87. The summed E-state index contributed by atoms with van der Waals surface area (Å²) in [6, 6.07) is 3.58. The number of hydrogen-bond acceptors (Lipinski definition) is 5. The van der Waals surface area contributed by atoms with Crippen molar-refractivity contribution < 1.29 is 9.90 Å². The molecule has 1 saturated heterocycles. The lowest BCUT2D eigenvalue weighted by atomic mass is 10.4. The van der Waals surface area contributed by atoms with Crippen LogP contribution < -0.4 is 4.90 Å². The normalized spacial score (nSPS) is 15.6. The first kappa shape index (κ1) is 10.0. The van der Waals surface area contributed by atoms with E-state index in [9.17, 15) is 4.79 Å². The molecule has 1 aliphatic heterocycles. The highest BCUT2D eigenvalue weighted by Crippen LogP contribution is 2.17. The van der Waals surface area contributed by atoms with Crippen LogP contribution in [0.15, 0.2) is 12.1 Å². The van der Waals surface area contributed by atoms with Gasteiger partial charge in [0, 0.05) is 13.1 Å². The van der Waals surface area contributed by atoms with E-state index >= 15 is 0 Å². The van der Waals surface area contributed by atoms with Crippen molar-refractivity contribution in [2.45, 2.75) is 12.8 Å². The van der Waals surface area contributed by atoms with Crippen LogP contribution in [0.25, 0.3) is 5.65 Å². The molecular weight excluding hydrogens is 222 g/mol. The highest BCUT2D eigenvalue weighted by molar-refractivity contribution is 5.84. The molecule has 1 aliphatic rings. The molecule has 0 unspecified atom stereocenters. The Morgan fingerprint density at radius 1 is 1.24 bits per heavy atom. The van der Waals surface area contributed by atoms with Crippen LogP contribution in [0.4, 0.5) is 5.82 Å². The second-order valence-corrected chi connectivity index (χ2v) is 3.98. The van der Waals surface area contributed by atoms with Crippen LogP contribution >= 0.6 is 0 Å². The Morgan fingerprint density at radius 3 is 2.71 bits per heavy atom. The summed E-state index contributed by atoms with van der Waals surface area (Å²) in [4.78, 5) is 13.1. The van der Waals surface area contributed by atoms with E-state index in [1.807, 2.05) is 6.07 Å². The van der Waals surface area contributed by atoms with Gasteiger partial charge in [-0.15, -0.1) is 15.3 Å². The SMILES string of the molecule is O=C(O)c1nnc2ccc(N3CCCC3)nn12. The van der Waals surface area contributed by atoms with Gasteiger partial charge >= 0.3 is 5.97 Å². The first-order chi connectivity index (χ1) is 8.25. The molecule has 0 bridgehead atoms. The Balaban J connectivity index is 2.09. The lowest BCUT2D eigenvalue weighted by molar-refractivity contribution is 0.0680. The number of fused-ring (bicyclic) bond motifs is 1. The van der Waals surface area contributed by atoms with Crippen molar-refractivity contribution in [1.82, 2.24) is 19.8 Å². The predicted octanol–water partition coefficient (Wildman–Crippen LogP) is 0.423. The Kier molecular flexibility index (Phi) is 2.17.